The Morgan fingerprint density at radius 2 is 1.95 bits per heavy atom. The van der Waals surface area contributed by atoms with Gasteiger partial charge in [0.15, 0.2) is 0 Å². The summed E-state index contributed by atoms with van der Waals surface area (Å²) in [5, 5.41) is 12.1. The standard InChI is InChI=1S/C15H21NO4/c1-15(2,3)14(19)16-9-8-10-6-5-7-11(20-4)12(10)13(17)18/h5-7H,8-9H2,1-4H3,(H,16,19)(H,17,18). The number of carboxylic acids is 1. The van der Waals surface area contributed by atoms with Gasteiger partial charge in [-0.1, -0.05) is 32.9 Å². The summed E-state index contributed by atoms with van der Waals surface area (Å²) in [4.78, 5) is 23.0. The van der Waals surface area contributed by atoms with Crippen molar-refractivity contribution in [3.63, 3.8) is 0 Å². The highest BCUT2D eigenvalue weighted by molar-refractivity contribution is 5.92. The fourth-order valence-corrected chi connectivity index (χ4v) is 1.77. The highest BCUT2D eigenvalue weighted by atomic mass is 16.5. The Kier molecular flexibility index (Phi) is 5.13. The number of carbonyl (C=O) groups is 2. The Hall–Kier alpha value is -2.04. The molecule has 0 heterocycles. The van der Waals surface area contributed by atoms with Crippen molar-refractivity contribution in [1.29, 1.82) is 0 Å². The molecule has 20 heavy (non-hydrogen) atoms. The first-order valence-electron chi connectivity index (χ1n) is 6.45. The van der Waals surface area contributed by atoms with Crippen molar-refractivity contribution >= 4 is 11.9 Å². The summed E-state index contributed by atoms with van der Waals surface area (Å²) in [6.45, 7) is 5.88. The van der Waals surface area contributed by atoms with Gasteiger partial charge in [0.1, 0.15) is 11.3 Å². The predicted molar refractivity (Wildman–Crippen MR) is 76.1 cm³/mol. The van der Waals surface area contributed by atoms with Crippen LogP contribution in [0.15, 0.2) is 18.2 Å². The number of nitrogens with one attached hydrogen (secondary N) is 1. The number of carboxylic acid groups (broad SMARTS) is 1. The van der Waals surface area contributed by atoms with Crippen LogP contribution in [0.25, 0.3) is 0 Å². The molecule has 1 aromatic rings. The molecule has 1 rings (SSSR count). The van der Waals surface area contributed by atoms with E-state index in [4.69, 9.17) is 4.74 Å². The van der Waals surface area contributed by atoms with Crippen LogP contribution in [0.5, 0.6) is 5.75 Å². The highest BCUT2D eigenvalue weighted by Crippen LogP contribution is 2.22. The number of methoxy groups -OCH3 is 1. The molecule has 5 nitrogen and oxygen atoms in total. The average Bonchev–Trinajstić information content (AvgIpc) is 2.36. The molecule has 0 atom stereocenters. The molecule has 0 bridgehead atoms. The van der Waals surface area contributed by atoms with Gasteiger partial charge in [0.25, 0.3) is 0 Å². The van der Waals surface area contributed by atoms with Gasteiger partial charge in [0, 0.05) is 12.0 Å². The maximum absolute atomic E-state index is 11.7. The van der Waals surface area contributed by atoms with E-state index in [1.54, 1.807) is 18.2 Å². The number of rotatable bonds is 5. The maximum atomic E-state index is 11.7. The molecule has 0 spiro atoms. The van der Waals surface area contributed by atoms with E-state index < -0.39 is 11.4 Å². The van der Waals surface area contributed by atoms with Gasteiger partial charge in [-0.25, -0.2) is 4.79 Å². The minimum Gasteiger partial charge on any atom is -0.496 e. The summed E-state index contributed by atoms with van der Waals surface area (Å²) >= 11 is 0. The summed E-state index contributed by atoms with van der Waals surface area (Å²) in [5.41, 5.74) is 0.343. The number of ether oxygens (including phenoxy) is 1. The predicted octanol–water partition coefficient (Wildman–Crippen LogP) is 2.10. The Morgan fingerprint density at radius 3 is 2.45 bits per heavy atom. The molecule has 0 fully saturated rings. The second-order valence-electron chi connectivity index (χ2n) is 5.56. The second kappa shape index (κ2) is 6.41. The third-order valence-electron chi connectivity index (χ3n) is 2.91. The topological polar surface area (TPSA) is 75.6 Å². The van der Waals surface area contributed by atoms with Crippen LogP contribution in [0.2, 0.25) is 0 Å². The van der Waals surface area contributed by atoms with Crippen molar-refractivity contribution in [2.45, 2.75) is 27.2 Å². The Morgan fingerprint density at radius 1 is 1.30 bits per heavy atom. The van der Waals surface area contributed by atoms with Crippen LogP contribution in [-0.2, 0) is 11.2 Å². The fourth-order valence-electron chi connectivity index (χ4n) is 1.77. The van der Waals surface area contributed by atoms with Gasteiger partial charge < -0.3 is 15.2 Å². The van der Waals surface area contributed by atoms with Crippen molar-refractivity contribution in [3.8, 4) is 5.75 Å². The number of hydrogen-bond acceptors (Lipinski definition) is 3. The lowest BCUT2D eigenvalue weighted by atomic mass is 9.95. The summed E-state index contributed by atoms with van der Waals surface area (Å²) < 4.78 is 5.06. The molecule has 0 saturated carbocycles. The van der Waals surface area contributed by atoms with E-state index in [1.165, 1.54) is 7.11 Å². The van der Waals surface area contributed by atoms with Crippen LogP contribution in [0.4, 0.5) is 0 Å². The van der Waals surface area contributed by atoms with Gasteiger partial charge in [0.05, 0.1) is 7.11 Å². The molecule has 0 aliphatic rings. The zero-order valence-corrected chi connectivity index (χ0v) is 12.3. The molecule has 0 aromatic heterocycles. The lowest BCUT2D eigenvalue weighted by Gasteiger charge is -2.18. The van der Waals surface area contributed by atoms with Crippen molar-refractivity contribution < 1.29 is 19.4 Å². The van der Waals surface area contributed by atoms with Crippen molar-refractivity contribution in [2.75, 3.05) is 13.7 Å². The first-order chi connectivity index (χ1) is 9.27. The molecular weight excluding hydrogens is 258 g/mol. The van der Waals surface area contributed by atoms with Crippen LogP contribution in [0, 0.1) is 5.41 Å². The van der Waals surface area contributed by atoms with Gasteiger partial charge in [-0.05, 0) is 18.1 Å². The quantitative estimate of drug-likeness (QED) is 0.865. The SMILES string of the molecule is COc1cccc(CCNC(=O)C(C)(C)C)c1C(=O)O. The molecule has 1 amide bonds. The minimum atomic E-state index is -1.03. The van der Waals surface area contributed by atoms with E-state index in [2.05, 4.69) is 5.32 Å². The third kappa shape index (κ3) is 3.98. The van der Waals surface area contributed by atoms with E-state index in [9.17, 15) is 14.7 Å². The van der Waals surface area contributed by atoms with E-state index in [0.29, 0.717) is 24.3 Å². The molecule has 0 aliphatic carbocycles. The highest BCUT2D eigenvalue weighted by Gasteiger charge is 2.21. The molecule has 0 saturated heterocycles. The van der Waals surface area contributed by atoms with Crippen LogP contribution in [0.1, 0.15) is 36.7 Å². The summed E-state index contributed by atoms with van der Waals surface area (Å²) in [7, 11) is 1.44. The van der Waals surface area contributed by atoms with E-state index in [0.717, 1.165) is 0 Å². The van der Waals surface area contributed by atoms with Crippen LogP contribution in [0.3, 0.4) is 0 Å². The third-order valence-corrected chi connectivity index (χ3v) is 2.91. The van der Waals surface area contributed by atoms with Gasteiger partial charge in [-0.3, -0.25) is 4.79 Å². The smallest absolute Gasteiger partial charge is 0.339 e. The van der Waals surface area contributed by atoms with E-state index in [1.807, 2.05) is 20.8 Å². The van der Waals surface area contributed by atoms with Gasteiger partial charge in [0.2, 0.25) is 5.91 Å². The van der Waals surface area contributed by atoms with Crippen molar-refractivity contribution in [3.05, 3.63) is 29.3 Å². The average molecular weight is 279 g/mol. The molecule has 0 unspecified atom stereocenters. The number of hydrogen-bond donors (Lipinski definition) is 2. The number of carbonyl (C=O) groups excluding carboxylic acids is 1. The Balaban J connectivity index is 2.79. The molecule has 0 radical (unpaired) electrons. The Labute approximate surface area is 118 Å². The zero-order chi connectivity index (χ0) is 15.3. The largest absolute Gasteiger partial charge is 0.496 e. The van der Waals surface area contributed by atoms with E-state index >= 15 is 0 Å². The van der Waals surface area contributed by atoms with Crippen molar-refractivity contribution in [1.82, 2.24) is 5.32 Å². The number of amides is 1. The van der Waals surface area contributed by atoms with Crippen LogP contribution >= 0.6 is 0 Å². The van der Waals surface area contributed by atoms with Gasteiger partial charge in [-0.15, -0.1) is 0 Å². The molecule has 1 aromatic carbocycles. The number of aromatic carboxylic acids is 1. The lowest BCUT2D eigenvalue weighted by molar-refractivity contribution is -0.128. The monoisotopic (exact) mass is 279 g/mol. The maximum Gasteiger partial charge on any atom is 0.339 e. The minimum absolute atomic E-state index is 0.0581. The lowest BCUT2D eigenvalue weighted by Crippen LogP contribution is -2.36. The van der Waals surface area contributed by atoms with Crippen LogP contribution in [-0.4, -0.2) is 30.6 Å². The zero-order valence-electron chi connectivity index (χ0n) is 12.3. The fraction of sp³-hybridized carbons (Fsp3) is 0.467. The normalized spacial score (nSPS) is 11.0. The summed E-state index contributed by atoms with van der Waals surface area (Å²) in [5.74, 6) is -0.756. The molecule has 0 aliphatic heterocycles. The molecule has 5 heteroatoms. The molecule has 2 N–H and O–H groups in total. The van der Waals surface area contributed by atoms with E-state index in [-0.39, 0.29) is 11.5 Å². The van der Waals surface area contributed by atoms with Gasteiger partial charge in [-0.2, -0.15) is 0 Å². The number of benzene rings is 1. The van der Waals surface area contributed by atoms with Crippen LogP contribution < -0.4 is 10.1 Å². The van der Waals surface area contributed by atoms with Gasteiger partial charge >= 0.3 is 5.97 Å². The van der Waals surface area contributed by atoms with Crippen molar-refractivity contribution in [2.24, 2.45) is 5.41 Å². The molecule has 110 valence electrons. The summed E-state index contributed by atoms with van der Waals surface area (Å²) in [6.07, 6.45) is 0.445. The second-order valence-corrected chi connectivity index (χ2v) is 5.56. The summed E-state index contributed by atoms with van der Waals surface area (Å²) in [6, 6.07) is 5.09. The first-order valence-corrected chi connectivity index (χ1v) is 6.45. The molecular formula is C15H21NO4. The first kappa shape index (κ1) is 16.0. The Bertz CT molecular complexity index is 503.